The Morgan fingerprint density at radius 3 is 2.47 bits per heavy atom. The lowest BCUT2D eigenvalue weighted by atomic mass is 9.91. The fraction of sp³-hybridized carbons (Fsp3) is 0.414. The molecule has 1 saturated heterocycles. The number of ether oxygens (including phenoxy) is 3. The van der Waals surface area contributed by atoms with Crippen LogP contribution in [0.4, 0.5) is 0 Å². The lowest BCUT2D eigenvalue weighted by molar-refractivity contribution is -0.152. The molecular formula is C29H34O5. The smallest absolute Gasteiger partial charge is 0.339 e. The molecule has 2 aromatic carbocycles. The minimum absolute atomic E-state index is 0.0908. The van der Waals surface area contributed by atoms with Gasteiger partial charge < -0.3 is 19.3 Å². The number of aliphatic hydroxyl groups excluding tert-OH is 1. The third kappa shape index (κ3) is 5.17. The number of carbonyl (C=O) groups is 1. The Labute approximate surface area is 202 Å². The summed E-state index contributed by atoms with van der Waals surface area (Å²) in [6, 6.07) is 14.0. The normalized spacial score (nSPS) is 31.0. The summed E-state index contributed by atoms with van der Waals surface area (Å²) in [5, 5.41) is 10.8. The van der Waals surface area contributed by atoms with Crippen molar-refractivity contribution in [2.75, 3.05) is 0 Å². The Bertz CT molecular complexity index is 1090. The molecule has 0 saturated carbocycles. The van der Waals surface area contributed by atoms with Crippen LogP contribution in [0.2, 0.25) is 0 Å². The van der Waals surface area contributed by atoms with Crippen molar-refractivity contribution in [3.05, 3.63) is 77.4 Å². The zero-order valence-electron chi connectivity index (χ0n) is 20.5. The molecule has 0 aliphatic carbocycles. The van der Waals surface area contributed by atoms with Crippen molar-refractivity contribution in [1.29, 1.82) is 0 Å². The van der Waals surface area contributed by atoms with Gasteiger partial charge in [0.1, 0.15) is 18.3 Å². The first-order valence-electron chi connectivity index (χ1n) is 11.9. The van der Waals surface area contributed by atoms with Crippen molar-refractivity contribution in [1.82, 2.24) is 0 Å². The van der Waals surface area contributed by atoms with Crippen LogP contribution in [0.15, 0.2) is 60.7 Å². The van der Waals surface area contributed by atoms with E-state index in [1.165, 1.54) is 0 Å². The quantitative estimate of drug-likeness (QED) is 0.435. The Kier molecular flexibility index (Phi) is 7.08. The van der Waals surface area contributed by atoms with Gasteiger partial charge >= 0.3 is 5.97 Å². The highest BCUT2D eigenvalue weighted by molar-refractivity contribution is 5.98. The number of hydrogen-bond acceptors (Lipinski definition) is 5. The van der Waals surface area contributed by atoms with Crippen molar-refractivity contribution >= 4 is 12.0 Å². The number of aliphatic hydroxyl groups is 1. The summed E-state index contributed by atoms with van der Waals surface area (Å²) in [6.45, 7) is 9.49. The van der Waals surface area contributed by atoms with E-state index in [-0.39, 0.29) is 24.1 Å². The summed E-state index contributed by atoms with van der Waals surface area (Å²) in [6.07, 6.45) is 6.09. The predicted octanol–water partition coefficient (Wildman–Crippen LogP) is 5.70. The predicted molar refractivity (Wildman–Crippen MR) is 133 cm³/mol. The average Bonchev–Trinajstić information content (AvgIpc) is 3.11. The van der Waals surface area contributed by atoms with Gasteiger partial charge in [-0.1, -0.05) is 73.7 Å². The minimum atomic E-state index is -0.831. The van der Waals surface area contributed by atoms with Crippen LogP contribution in [-0.2, 0) is 14.2 Å². The average molecular weight is 463 g/mol. The van der Waals surface area contributed by atoms with E-state index in [0.717, 1.165) is 22.3 Å². The fourth-order valence-corrected chi connectivity index (χ4v) is 4.59. The Morgan fingerprint density at radius 2 is 1.74 bits per heavy atom. The summed E-state index contributed by atoms with van der Waals surface area (Å²) < 4.78 is 18.1. The SMILES string of the molecule is Cc1ccc(-c2ccccc2)c2c1C(=O)O[C@@H](C)[C@H](C)/C=C\C(O)[C@H]1OC(C)(C)O[C@H]1C/C=C/2. The van der Waals surface area contributed by atoms with Crippen LogP contribution in [-0.4, -0.2) is 41.3 Å². The van der Waals surface area contributed by atoms with E-state index in [9.17, 15) is 9.90 Å². The maximum atomic E-state index is 13.4. The summed E-state index contributed by atoms with van der Waals surface area (Å²) >= 11 is 0. The van der Waals surface area contributed by atoms with Crippen LogP contribution in [0, 0.1) is 12.8 Å². The van der Waals surface area contributed by atoms with E-state index in [1.54, 1.807) is 6.08 Å². The van der Waals surface area contributed by atoms with Crippen LogP contribution in [0.5, 0.6) is 0 Å². The number of cyclic esters (lactones) is 1. The summed E-state index contributed by atoms with van der Waals surface area (Å²) in [5.41, 5.74) is 4.23. The second-order valence-electron chi connectivity index (χ2n) is 9.71. The van der Waals surface area contributed by atoms with Gasteiger partial charge in [0.25, 0.3) is 0 Å². The van der Waals surface area contributed by atoms with Crippen molar-refractivity contribution in [2.45, 2.75) is 71.2 Å². The standard InChI is InChI=1S/C29H34O5/c1-18-15-17-24(30)27-25(33-29(4,5)34-27)13-9-12-23-22(21-10-7-6-8-11-21)16-14-19(2)26(23)28(31)32-20(18)3/h6-12,14-18,20,24-25,27,30H,13H2,1-5H3/b12-9+,17-15-/t18-,20+,24?,25+,27-/m1/s1. The van der Waals surface area contributed by atoms with Crippen LogP contribution < -0.4 is 0 Å². The molecule has 5 nitrogen and oxygen atoms in total. The van der Waals surface area contributed by atoms with Crippen molar-refractivity contribution in [2.24, 2.45) is 5.92 Å². The van der Waals surface area contributed by atoms with Crippen LogP contribution >= 0.6 is 0 Å². The molecule has 0 radical (unpaired) electrons. The molecular weight excluding hydrogens is 428 g/mol. The van der Waals surface area contributed by atoms with Gasteiger partial charge in [-0.15, -0.1) is 0 Å². The minimum Gasteiger partial charge on any atom is -0.458 e. The number of aryl methyl sites for hydroxylation is 1. The van der Waals surface area contributed by atoms with Gasteiger partial charge in [0.05, 0.1) is 11.7 Å². The van der Waals surface area contributed by atoms with Gasteiger partial charge in [-0.05, 0) is 56.4 Å². The fourth-order valence-electron chi connectivity index (χ4n) is 4.59. The van der Waals surface area contributed by atoms with E-state index >= 15 is 0 Å². The first-order valence-corrected chi connectivity index (χ1v) is 11.9. The third-order valence-electron chi connectivity index (χ3n) is 6.60. The number of carbonyl (C=O) groups excluding carboxylic acids is 1. The highest BCUT2D eigenvalue weighted by Gasteiger charge is 2.43. The lowest BCUT2D eigenvalue weighted by Gasteiger charge is -2.23. The van der Waals surface area contributed by atoms with Crippen molar-refractivity contribution in [3.63, 3.8) is 0 Å². The van der Waals surface area contributed by atoms with Gasteiger partial charge in [0.15, 0.2) is 5.79 Å². The molecule has 1 N–H and O–H groups in total. The maximum Gasteiger partial charge on any atom is 0.339 e. The molecule has 0 spiro atoms. The number of rotatable bonds is 1. The number of hydrogen-bond donors (Lipinski definition) is 1. The van der Waals surface area contributed by atoms with E-state index < -0.39 is 18.0 Å². The lowest BCUT2D eigenvalue weighted by Crippen LogP contribution is -2.34. The van der Waals surface area contributed by atoms with Crippen molar-refractivity contribution < 1.29 is 24.1 Å². The molecule has 0 aromatic heterocycles. The van der Waals surface area contributed by atoms with Gasteiger partial charge in [0.2, 0.25) is 0 Å². The second-order valence-corrected chi connectivity index (χ2v) is 9.71. The number of esters is 1. The summed E-state index contributed by atoms with van der Waals surface area (Å²) in [7, 11) is 0. The molecule has 34 heavy (non-hydrogen) atoms. The van der Waals surface area contributed by atoms with E-state index in [2.05, 4.69) is 0 Å². The van der Waals surface area contributed by atoms with E-state index in [0.29, 0.717) is 12.0 Å². The molecule has 1 unspecified atom stereocenters. The first kappa shape index (κ1) is 24.4. The second kappa shape index (κ2) is 9.87. The van der Waals surface area contributed by atoms with E-state index in [4.69, 9.17) is 14.2 Å². The molecule has 1 fully saturated rings. The molecule has 2 heterocycles. The Hall–Kier alpha value is -2.73. The topological polar surface area (TPSA) is 65.0 Å². The molecule has 2 aliphatic rings. The van der Waals surface area contributed by atoms with Crippen LogP contribution in [0.1, 0.15) is 55.6 Å². The zero-order valence-corrected chi connectivity index (χ0v) is 20.5. The molecule has 4 rings (SSSR count). The highest BCUT2D eigenvalue weighted by atomic mass is 16.8. The van der Waals surface area contributed by atoms with Gasteiger partial charge in [-0.2, -0.15) is 0 Å². The molecule has 180 valence electrons. The molecule has 5 heteroatoms. The molecule has 0 bridgehead atoms. The maximum absolute atomic E-state index is 13.4. The Balaban J connectivity index is 1.82. The molecule has 2 aromatic rings. The zero-order chi connectivity index (χ0) is 24.5. The third-order valence-corrected chi connectivity index (χ3v) is 6.60. The Morgan fingerprint density at radius 1 is 1.00 bits per heavy atom. The van der Waals surface area contributed by atoms with Crippen LogP contribution in [0.25, 0.3) is 17.2 Å². The number of fused-ring (bicyclic) bond motifs is 2. The highest BCUT2D eigenvalue weighted by Crippen LogP contribution is 2.34. The van der Waals surface area contributed by atoms with Crippen LogP contribution in [0.3, 0.4) is 0 Å². The van der Waals surface area contributed by atoms with E-state index in [1.807, 2.05) is 95.3 Å². The largest absolute Gasteiger partial charge is 0.458 e. The first-order chi connectivity index (χ1) is 16.2. The molecule has 5 atom stereocenters. The van der Waals surface area contributed by atoms with Gasteiger partial charge in [-0.25, -0.2) is 4.79 Å². The van der Waals surface area contributed by atoms with Gasteiger partial charge in [0, 0.05) is 5.92 Å². The monoisotopic (exact) mass is 462 g/mol. The summed E-state index contributed by atoms with van der Waals surface area (Å²) in [5.74, 6) is -1.22. The van der Waals surface area contributed by atoms with Gasteiger partial charge in [-0.3, -0.25) is 0 Å². The number of benzene rings is 2. The summed E-state index contributed by atoms with van der Waals surface area (Å²) in [4.78, 5) is 13.4. The molecule has 0 amide bonds. The molecule has 2 aliphatic heterocycles. The van der Waals surface area contributed by atoms with Crippen molar-refractivity contribution in [3.8, 4) is 11.1 Å².